The first-order valence-corrected chi connectivity index (χ1v) is 12.2. The molecule has 0 unspecified atom stereocenters. The molecule has 0 saturated carbocycles. The molecule has 0 atom stereocenters. The molecule has 0 spiro atoms. The van der Waals surface area contributed by atoms with Crippen molar-refractivity contribution in [2.75, 3.05) is 0 Å². The summed E-state index contributed by atoms with van der Waals surface area (Å²) in [4.78, 5) is 40.3. The predicted octanol–water partition coefficient (Wildman–Crippen LogP) is 5.03. The van der Waals surface area contributed by atoms with E-state index in [-0.39, 0.29) is 24.1 Å². The Morgan fingerprint density at radius 3 is 2.56 bits per heavy atom. The van der Waals surface area contributed by atoms with E-state index >= 15 is 0 Å². The zero-order valence-electron chi connectivity index (χ0n) is 18.2. The number of carbonyl (C=O) groups excluding carboxylic acids is 1. The van der Waals surface area contributed by atoms with Gasteiger partial charge in [-0.15, -0.1) is 23.1 Å². The number of hydrogen-bond donors (Lipinski definition) is 1. The summed E-state index contributed by atoms with van der Waals surface area (Å²) in [6.07, 6.45) is 0. The van der Waals surface area contributed by atoms with E-state index in [0.717, 1.165) is 21.3 Å². The molecule has 6 nitrogen and oxygen atoms in total. The number of rotatable bonds is 7. The summed E-state index contributed by atoms with van der Waals surface area (Å²) in [5.41, 5.74) is 2.11. The van der Waals surface area contributed by atoms with Crippen LogP contribution in [0.2, 0.25) is 0 Å². The summed E-state index contributed by atoms with van der Waals surface area (Å²) >= 11 is 3.35. The topological polar surface area (TPSA) is 79.0 Å². The van der Waals surface area contributed by atoms with Crippen LogP contribution in [0.25, 0.3) is 10.9 Å². The number of amides is 1. The van der Waals surface area contributed by atoms with Crippen LogP contribution < -0.4 is 5.56 Å². The monoisotopic (exact) mass is 464 g/mol. The highest BCUT2D eigenvalue weighted by Gasteiger charge is 2.20. The maximum atomic E-state index is 13.2. The molecule has 4 rings (SSSR count). The normalized spacial score (nSPS) is 11.2. The van der Waals surface area contributed by atoms with E-state index < -0.39 is 0 Å². The van der Waals surface area contributed by atoms with Gasteiger partial charge in [0.25, 0.3) is 11.5 Å². The maximum absolute atomic E-state index is 13.2. The molecule has 8 heteroatoms. The molecular formula is C24H24N4O2S2. The molecule has 2 heterocycles. The fourth-order valence-corrected chi connectivity index (χ4v) is 4.86. The van der Waals surface area contributed by atoms with Crippen LogP contribution in [0.15, 0.2) is 63.6 Å². The van der Waals surface area contributed by atoms with E-state index in [9.17, 15) is 9.59 Å². The molecular weight excluding hydrogens is 440 g/mol. The standard InChI is InChI=1S/C24H24N4O2S2/c1-15(2)28(12-22-26-21-7-5-4-6-20(21)23(29)27-22)24(30)17-8-10-19(11-9-17)32-14-18-13-31-16(3)25-18/h4-11,13,15H,12,14H2,1-3H3,(H,26,27,29). The first-order valence-electron chi connectivity index (χ1n) is 10.3. The minimum absolute atomic E-state index is 0.0544. The van der Waals surface area contributed by atoms with Crippen LogP contribution in [0.1, 0.15) is 40.7 Å². The highest BCUT2D eigenvalue weighted by atomic mass is 32.2. The van der Waals surface area contributed by atoms with E-state index in [1.165, 1.54) is 0 Å². The number of benzene rings is 2. The van der Waals surface area contributed by atoms with E-state index in [1.807, 2.05) is 57.2 Å². The molecule has 0 aliphatic rings. The van der Waals surface area contributed by atoms with Gasteiger partial charge in [0.05, 0.1) is 28.1 Å². The highest BCUT2D eigenvalue weighted by molar-refractivity contribution is 7.98. The van der Waals surface area contributed by atoms with Crippen molar-refractivity contribution in [3.63, 3.8) is 0 Å². The third-order valence-corrected chi connectivity index (χ3v) is 6.89. The second-order valence-electron chi connectivity index (χ2n) is 7.73. The fraction of sp³-hybridized carbons (Fsp3) is 0.250. The molecule has 1 amide bonds. The van der Waals surface area contributed by atoms with Crippen LogP contribution in [0.5, 0.6) is 0 Å². The summed E-state index contributed by atoms with van der Waals surface area (Å²) in [6, 6.07) is 14.8. The number of thioether (sulfide) groups is 1. The number of para-hydroxylation sites is 1. The van der Waals surface area contributed by atoms with Gasteiger partial charge in [-0.1, -0.05) is 12.1 Å². The first kappa shape index (κ1) is 22.2. The molecule has 0 aliphatic carbocycles. The number of carbonyl (C=O) groups is 1. The Balaban J connectivity index is 1.49. The van der Waals surface area contributed by atoms with Crippen molar-refractivity contribution in [3.8, 4) is 0 Å². The molecule has 1 N–H and O–H groups in total. The van der Waals surface area contributed by atoms with Gasteiger partial charge in [0, 0.05) is 27.6 Å². The molecule has 0 aliphatic heterocycles. The Hall–Kier alpha value is -2.97. The van der Waals surface area contributed by atoms with Gasteiger partial charge in [0.2, 0.25) is 0 Å². The Morgan fingerprint density at radius 1 is 1.12 bits per heavy atom. The van der Waals surface area contributed by atoms with E-state index in [2.05, 4.69) is 20.3 Å². The molecule has 0 fully saturated rings. The number of nitrogens with zero attached hydrogens (tertiary/aromatic N) is 3. The SMILES string of the molecule is Cc1nc(CSc2ccc(C(=O)N(Cc3nc4ccccc4c(=O)[nH]3)C(C)C)cc2)cs1. The van der Waals surface area contributed by atoms with Crippen molar-refractivity contribution < 1.29 is 4.79 Å². The Morgan fingerprint density at radius 2 is 1.88 bits per heavy atom. The predicted molar refractivity (Wildman–Crippen MR) is 130 cm³/mol. The van der Waals surface area contributed by atoms with Crippen LogP contribution >= 0.6 is 23.1 Å². The summed E-state index contributed by atoms with van der Waals surface area (Å²) in [6.45, 7) is 6.15. The first-order chi connectivity index (χ1) is 15.4. The third kappa shape index (κ3) is 5.08. The van der Waals surface area contributed by atoms with Gasteiger partial charge in [-0.05, 0) is 57.2 Å². The Bertz CT molecular complexity index is 1300. The Kier molecular flexibility index (Phi) is 6.72. The van der Waals surface area contributed by atoms with Gasteiger partial charge < -0.3 is 9.88 Å². The number of aromatic nitrogens is 3. The minimum Gasteiger partial charge on any atom is -0.329 e. The minimum atomic E-state index is -0.196. The summed E-state index contributed by atoms with van der Waals surface area (Å²) in [5.74, 6) is 1.18. The number of aromatic amines is 1. The number of fused-ring (bicyclic) bond motifs is 1. The van der Waals surface area contributed by atoms with E-state index in [0.29, 0.717) is 22.3 Å². The smallest absolute Gasteiger partial charge is 0.258 e. The van der Waals surface area contributed by atoms with Crippen LogP contribution in [0.3, 0.4) is 0 Å². The van der Waals surface area contributed by atoms with Gasteiger partial charge in [-0.3, -0.25) is 9.59 Å². The molecule has 0 radical (unpaired) electrons. The number of aryl methyl sites for hydroxylation is 1. The van der Waals surface area contributed by atoms with Crippen molar-refractivity contribution in [1.29, 1.82) is 0 Å². The average molecular weight is 465 g/mol. The van der Waals surface area contributed by atoms with Gasteiger partial charge in [0.1, 0.15) is 5.82 Å². The second kappa shape index (κ2) is 9.67. The van der Waals surface area contributed by atoms with Crippen molar-refractivity contribution in [1.82, 2.24) is 19.9 Å². The van der Waals surface area contributed by atoms with Gasteiger partial charge >= 0.3 is 0 Å². The van der Waals surface area contributed by atoms with Gasteiger partial charge in [-0.25, -0.2) is 9.97 Å². The lowest BCUT2D eigenvalue weighted by Crippen LogP contribution is -2.37. The summed E-state index contributed by atoms with van der Waals surface area (Å²) in [5, 5.41) is 3.68. The second-order valence-corrected chi connectivity index (χ2v) is 9.84. The van der Waals surface area contributed by atoms with Crippen molar-refractivity contribution in [3.05, 3.63) is 86.4 Å². The van der Waals surface area contributed by atoms with Gasteiger partial charge in [-0.2, -0.15) is 0 Å². The number of thiazole rings is 1. The summed E-state index contributed by atoms with van der Waals surface area (Å²) < 4.78 is 0. The van der Waals surface area contributed by atoms with Crippen LogP contribution in [0, 0.1) is 6.92 Å². The quantitative estimate of drug-likeness (QED) is 0.388. The maximum Gasteiger partial charge on any atom is 0.258 e. The van der Waals surface area contributed by atoms with Crippen LogP contribution in [-0.2, 0) is 12.3 Å². The molecule has 2 aromatic heterocycles. The van der Waals surface area contributed by atoms with Gasteiger partial charge in [0.15, 0.2) is 0 Å². The highest BCUT2D eigenvalue weighted by Crippen LogP contribution is 2.24. The fourth-order valence-electron chi connectivity index (χ4n) is 3.35. The Labute approximate surface area is 194 Å². The largest absolute Gasteiger partial charge is 0.329 e. The molecule has 0 bridgehead atoms. The number of hydrogen-bond acceptors (Lipinski definition) is 6. The lowest BCUT2D eigenvalue weighted by atomic mass is 10.1. The molecule has 164 valence electrons. The average Bonchev–Trinajstić information content (AvgIpc) is 3.21. The molecule has 0 saturated heterocycles. The van der Waals surface area contributed by atoms with Crippen LogP contribution in [-0.4, -0.2) is 31.8 Å². The summed E-state index contributed by atoms with van der Waals surface area (Å²) in [7, 11) is 0. The zero-order valence-corrected chi connectivity index (χ0v) is 19.8. The molecule has 32 heavy (non-hydrogen) atoms. The number of nitrogens with one attached hydrogen (secondary N) is 1. The molecule has 4 aromatic rings. The van der Waals surface area contributed by atoms with E-state index in [4.69, 9.17) is 0 Å². The lowest BCUT2D eigenvalue weighted by Gasteiger charge is -2.26. The van der Waals surface area contributed by atoms with Crippen LogP contribution in [0.4, 0.5) is 0 Å². The zero-order chi connectivity index (χ0) is 22.7. The number of H-pyrrole nitrogens is 1. The van der Waals surface area contributed by atoms with Crippen molar-refractivity contribution in [2.24, 2.45) is 0 Å². The molecule has 2 aromatic carbocycles. The van der Waals surface area contributed by atoms with Crippen molar-refractivity contribution >= 4 is 39.9 Å². The third-order valence-electron chi connectivity index (χ3n) is 5.02. The van der Waals surface area contributed by atoms with Crippen molar-refractivity contribution in [2.45, 2.75) is 44.0 Å². The van der Waals surface area contributed by atoms with E-state index in [1.54, 1.807) is 40.1 Å². The lowest BCUT2D eigenvalue weighted by molar-refractivity contribution is 0.0685.